The second-order valence-electron chi connectivity index (χ2n) is 4.30. The lowest BCUT2D eigenvalue weighted by molar-refractivity contribution is 0.310. The molecule has 1 saturated carbocycles. The van der Waals surface area contributed by atoms with Crippen LogP contribution in [0.5, 0.6) is 0 Å². The van der Waals surface area contributed by atoms with Gasteiger partial charge in [0, 0.05) is 5.54 Å². The Labute approximate surface area is 101 Å². The fourth-order valence-electron chi connectivity index (χ4n) is 2.19. The van der Waals surface area contributed by atoms with Crippen LogP contribution in [0.4, 0.5) is 0 Å². The number of alkyl halides is 2. The fourth-order valence-corrected chi connectivity index (χ4v) is 2.79. The molecule has 0 aliphatic heterocycles. The van der Waals surface area contributed by atoms with Gasteiger partial charge in [-0.3, -0.25) is 0 Å². The van der Waals surface area contributed by atoms with E-state index in [4.69, 9.17) is 28.9 Å². The predicted molar refractivity (Wildman–Crippen MR) is 65.4 cm³/mol. The Morgan fingerprint density at radius 1 is 1.13 bits per heavy atom. The summed E-state index contributed by atoms with van der Waals surface area (Å²) in [6.07, 6.45) is 2.56. The SMILES string of the molecule is NC1(c2ccccc2)CCC(Cl)C(Cl)C1. The summed E-state index contributed by atoms with van der Waals surface area (Å²) >= 11 is 12.3. The molecule has 0 bridgehead atoms. The number of benzene rings is 1. The number of rotatable bonds is 1. The molecule has 82 valence electrons. The molecular weight excluding hydrogens is 229 g/mol. The molecule has 2 rings (SSSR count). The number of hydrogen-bond donors (Lipinski definition) is 1. The predicted octanol–water partition coefficient (Wildman–Crippen LogP) is 3.24. The third-order valence-corrected chi connectivity index (χ3v) is 4.28. The first-order valence-corrected chi connectivity index (χ1v) is 6.12. The minimum absolute atomic E-state index is 0.0226. The van der Waals surface area contributed by atoms with Gasteiger partial charge in [-0.1, -0.05) is 30.3 Å². The van der Waals surface area contributed by atoms with Gasteiger partial charge in [0.25, 0.3) is 0 Å². The van der Waals surface area contributed by atoms with Crippen LogP contribution in [0.15, 0.2) is 30.3 Å². The van der Waals surface area contributed by atoms with Gasteiger partial charge in [-0.2, -0.15) is 0 Å². The average Bonchev–Trinajstić information content (AvgIpc) is 2.26. The Morgan fingerprint density at radius 3 is 2.40 bits per heavy atom. The van der Waals surface area contributed by atoms with Crippen LogP contribution in [0, 0.1) is 0 Å². The Balaban J connectivity index is 2.21. The minimum Gasteiger partial charge on any atom is -0.321 e. The molecule has 1 nitrogen and oxygen atoms in total. The van der Waals surface area contributed by atoms with Gasteiger partial charge >= 0.3 is 0 Å². The van der Waals surface area contributed by atoms with Gasteiger partial charge in [0.1, 0.15) is 0 Å². The Bertz CT molecular complexity index is 328. The van der Waals surface area contributed by atoms with Crippen molar-refractivity contribution < 1.29 is 0 Å². The third kappa shape index (κ3) is 2.30. The molecule has 3 unspecified atom stereocenters. The van der Waals surface area contributed by atoms with Gasteiger partial charge in [0.15, 0.2) is 0 Å². The topological polar surface area (TPSA) is 26.0 Å². The quantitative estimate of drug-likeness (QED) is 0.754. The zero-order valence-electron chi connectivity index (χ0n) is 8.50. The Hall–Kier alpha value is -0.240. The Kier molecular flexibility index (Phi) is 3.24. The molecule has 2 N–H and O–H groups in total. The van der Waals surface area contributed by atoms with Crippen LogP contribution < -0.4 is 5.73 Å². The van der Waals surface area contributed by atoms with Crippen LogP contribution in [-0.2, 0) is 5.54 Å². The van der Waals surface area contributed by atoms with Gasteiger partial charge in [0.05, 0.1) is 10.8 Å². The molecule has 0 heterocycles. The van der Waals surface area contributed by atoms with E-state index in [0.29, 0.717) is 0 Å². The highest BCUT2D eigenvalue weighted by atomic mass is 35.5. The van der Waals surface area contributed by atoms with E-state index in [1.54, 1.807) is 0 Å². The van der Waals surface area contributed by atoms with Crippen molar-refractivity contribution in [3.05, 3.63) is 35.9 Å². The molecule has 0 amide bonds. The standard InChI is InChI=1S/C12H15Cl2N/c13-10-6-7-12(15,8-11(10)14)9-4-2-1-3-5-9/h1-5,10-11H,6-8,15H2. The highest BCUT2D eigenvalue weighted by Gasteiger charge is 2.37. The van der Waals surface area contributed by atoms with Crippen LogP contribution in [-0.4, -0.2) is 10.8 Å². The molecule has 15 heavy (non-hydrogen) atoms. The van der Waals surface area contributed by atoms with E-state index >= 15 is 0 Å². The van der Waals surface area contributed by atoms with E-state index in [2.05, 4.69) is 12.1 Å². The summed E-state index contributed by atoms with van der Waals surface area (Å²) < 4.78 is 0. The summed E-state index contributed by atoms with van der Waals surface area (Å²) in [5.74, 6) is 0. The maximum atomic E-state index is 6.39. The maximum Gasteiger partial charge on any atom is 0.0520 e. The molecular formula is C12H15Cl2N. The fraction of sp³-hybridized carbons (Fsp3) is 0.500. The molecule has 1 aromatic carbocycles. The summed E-state index contributed by atoms with van der Waals surface area (Å²) in [4.78, 5) is 0. The summed E-state index contributed by atoms with van der Waals surface area (Å²) in [5.41, 5.74) is 7.26. The molecule has 1 fully saturated rings. The Morgan fingerprint density at radius 2 is 1.80 bits per heavy atom. The first kappa shape index (κ1) is 11.3. The molecule has 3 heteroatoms. The monoisotopic (exact) mass is 243 g/mol. The van der Waals surface area contributed by atoms with Crippen LogP contribution in [0.3, 0.4) is 0 Å². The van der Waals surface area contributed by atoms with Crippen LogP contribution in [0.25, 0.3) is 0 Å². The van der Waals surface area contributed by atoms with Crippen LogP contribution in [0.2, 0.25) is 0 Å². The van der Waals surface area contributed by atoms with E-state index in [1.807, 2.05) is 18.2 Å². The average molecular weight is 244 g/mol. The lowest BCUT2D eigenvalue weighted by Gasteiger charge is -2.38. The van der Waals surface area contributed by atoms with Crippen molar-refractivity contribution in [1.29, 1.82) is 0 Å². The van der Waals surface area contributed by atoms with Crippen molar-refractivity contribution in [3.8, 4) is 0 Å². The first-order chi connectivity index (χ1) is 7.12. The third-order valence-electron chi connectivity index (χ3n) is 3.17. The van der Waals surface area contributed by atoms with E-state index in [1.165, 1.54) is 5.56 Å². The molecule has 0 saturated heterocycles. The smallest absolute Gasteiger partial charge is 0.0520 e. The van der Waals surface area contributed by atoms with Crippen LogP contribution in [0.1, 0.15) is 24.8 Å². The first-order valence-electron chi connectivity index (χ1n) is 5.24. The van der Waals surface area contributed by atoms with Crippen molar-refractivity contribution in [1.82, 2.24) is 0 Å². The lowest BCUT2D eigenvalue weighted by Crippen LogP contribution is -2.45. The largest absolute Gasteiger partial charge is 0.321 e. The molecule has 1 aliphatic rings. The summed E-state index contributed by atoms with van der Waals surface area (Å²) in [5, 5.41) is 0.0395. The zero-order chi connectivity index (χ0) is 10.9. The zero-order valence-corrected chi connectivity index (χ0v) is 10.0. The van der Waals surface area contributed by atoms with Gasteiger partial charge in [-0.05, 0) is 24.8 Å². The summed E-state index contributed by atoms with van der Waals surface area (Å²) in [6.45, 7) is 0. The van der Waals surface area contributed by atoms with Gasteiger partial charge in [-0.25, -0.2) is 0 Å². The summed E-state index contributed by atoms with van der Waals surface area (Å²) in [7, 11) is 0. The molecule has 1 aromatic rings. The van der Waals surface area contributed by atoms with Crippen molar-refractivity contribution in [2.45, 2.75) is 35.6 Å². The van der Waals surface area contributed by atoms with E-state index in [-0.39, 0.29) is 16.3 Å². The second kappa shape index (κ2) is 4.32. The second-order valence-corrected chi connectivity index (χ2v) is 5.42. The van der Waals surface area contributed by atoms with Crippen molar-refractivity contribution in [2.75, 3.05) is 0 Å². The van der Waals surface area contributed by atoms with Gasteiger partial charge < -0.3 is 5.73 Å². The van der Waals surface area contributed by atoms with Crippen LogP contribution >= 0.6 is 23.2 Å². The number of nitrogens with two attached hydrogens (primary N) is 1. The van der Waals surface area contributed by atoms with Gasteiger partial charge in [-0.15, -0.1) is 23.2 Å². The van der Waals surface area contributed by atoms with Crippen molar-refractivity contribution in [2.24, 2.45) is 5.73 Å². The highest BCUT2D eigenvalue weighted by Crippen LogP contribution is 2.39. The molecule has 3 atom stereocenters. The minimum atomic E-state index is -0.293. The number of hydrogen-bond acceptors (Lipinski definition) is 1. The van der Waals surface area contributed by atoms with Crippen molar-refractivity contribution in [3.63, 3.8) is 0 Å². The maximum absolute atomic E-state index is 6.39. The lowest BCUT2D eigenvalue weighted by atomic mass is 9.77. The molecule has 0 spiro atoms. The molecule has 0 radical (unpaired) electrons. The van der Waals surface area contributed by atoms with E-state index in [0.717, 1.165) is 19.3 Å². The number of halogens is 2. The van der Waals surface area contributed by atoms with Gasteiger partial charge in [0.2, 0.25) is 0 Å². The van der Waals surface area contributed by atoms with Crippen molar-refractivity contribution >= 4 is 23.2 Å². The van der Waals surface area contributed by atoms with E-state index in [9.17, 15) is 0 Å². The van der Waals surface area contributed by atoms with E-state index < -0.39 is 0 Å². The molecule has 1 aliphatic carbocycles. The summed E-state index contributed by atoms with van der Waals surface area (Å²) in [6, 6.07) is 10.2. The normalized spacial score (nSPS) is 36.5. The highest BCUT2D eigenvalue weighted by molar-refractivity contribution is 6.30. The molecule has 0 aromatic heterocycles.